The summed E-state index contributed by atoms with van der Waals surface area (Å²) in [6.07, 6.45) is -0.530. The van der Waals surface area contributed by atoms with E-state index >= 15 is 0 Å². The topological polar surface area (TPSA) is 89.7 Å². The van der Waals surface area contributed by atoms with Crippen LogP contribution in [0.25, 0.3) is 0 Å². The van der Waals surface area contributed by atoms with Crippen LogP contribution in [0.4, 0.5) is 11.7 Å². The summed E-state index contributed by atoms with van der Waals surface area (Å²) in [5, 5.41) is 10.4. The van der Waals surface area contributed by atoms with E-state index in [1.807, 2.05) is 49.3 Å². The molecular formula is C19H18N4O4. The van der Waals surface area contributed by atoms with Crippen LogP contribution in [0.1, 0.15) is 22.4 Å². The highest BCUT2D eigenvalue weighted by atomic mass is 16.6. The summed E-state index contributed by atoms with van der Waals surface area (Å²) in [6, 6.07) is 14.5. The van der Waals surface area contributed by atoms with Crippen molar-refractivity contribution in [2.24, 2.45) is 0 Å². The van der Waals surface area contributed by atoms with Crippen molar-refractivity contribution in [1.29, 1.82) is 0 Å². The molecule has 0 spiro atoms. The average Bonchev–Trinajstić information content (AvgIpc) is 3.16. The Morgan fingerprint density at radius 2 is 1.81 bits per heavy atom. The minimum absolute atomic E-state index is 0.00847. The summed E-state index contributed by atoms with van der Waals surface area (Å²) in [5.74, 6) is 1.19. The fourth-order valence-electron chi connectivity index (χ4n) is 2.64. The predicted octanol–water partition coefficient (Wildman–Crippen LogP) is 2.90. The molecule has 0 unspecified atom stereocenters. The smallest absolute Gasteiger partial charge is 0.322 e. The van der Waals surface area contributed by atoms with Gasteiger partial charge in [0.05, 0.1) is 0 Å². The molecule has 8 nitrogen and oxygen atoms in total. The molecular weight excluding hydrogens is 348 g/mol. The molecule has 1 N–H and O–H groups in total. The summed E-state index contributed by atoms with van der Waals surface area (Å²) < 4.78 is 17.0. The molecule has 2 heterocycles. The first kappa shape index (κ1) is 16.9. The van der Waals surface area contributed by atoms with Crippen LogP contribution < -0.4 is 19.7 Å². The standard InChI is InChI=1S/C19H18N4O4/c1-23(2)13-9-7-12(8-10-13)17(24)20-19-22-21-18(27-19)16-11-25-14-5-3-4-6-15(14)26-16/h3-10,16H,11H2,1-2H3,(H,20,22,24)/t16-/m0/s1. The third-order valence-electron chi connectivity index (χ3n) is 4.09. The van der Waals surface area contributed by atoms with E-state index < -0.39 is 6.10 Å². The summed E-state index contributed by atoms with van der Waals surface area (Å²) in [5.41, 5.74) is 1.49. The van der Waals surface area contributed by atoms with Crippen LogP contribution in [-0.2, 0) is 0 Å². The minimum atomic E-state index is -0.530. The fraction of sp³-hybridized carbons (Fsp3) is 0.211. The molecule has 2 aromatic carbocycles. The second-order valence-corrected chi connectivity index (χ2v) is 6.21. The van der Waals surface area contributed by atoms with E-state index in [9.17, 15) is 4.79 Å². The molecule has 1 aromatic heterocycles. The van der Waals surface area contributed by atoms with Crippen molar-refractivity contribution in [2.45, 2.75) is 6.10 Å². The van der Waals surface area contributed by atoms with E-state index in [4.69, 9.17) is 13.9 Å². The minimum Gasteiger partial charge on any atom is -0.485 e. The van der Waals surface area contributed by atoms with Gasteiger partial charge >= 0.3 is 6.01 Å². The van der Waals surface area contributed by atoms with Gasteiger partial charge in [0.1, 0.15) is 6.61 Å². The van der Waals surface area contributed by atoms with Gasteiger partial charge in [0, 0.05) is 25.3 Å². The molecule has 138 valence electrons. The van der Waals surface area contributed by atoms with Gasteiger partial charge in [-0.25, -0.2) is 0 Å². The molecule has 0 radical (unpaired) electrons. The Morgan fingerprint density at radius 3 is 2.56 bits per heavy atom. The molecule has 0 saturated heterocycles. The third kappa shape index (κ3) is 3.55. The number of nitrogens with zero attached hydrogens (tertiary/aromatic N) is 3. The van der Waals surface area contributed by atoms with Crippen molar-refractivity contribution >= 4 is 17.6 Å². The van der Waals surface area contributed by atoms with E-state index in [0.29, 0.717) is 17.1 Å². The summed E-state index contributed by atoms with van der Waals surface area (Å²) in [4.78, 5) is 14.3. The lowest BCUT2D eigenvalue weighted by atomic mass is 10.2. The van der Waals surface area contributed by atoms with Crippen molar-refractivity contribution in [3.8, 4) is 11.5 Å². The molecule has 27 heavy (non-hydrogen) atoms. The lowest BCUT2D eigenvalue weighted by Gasteiger charge is -2.23. The highest BCUT2D eigenvalue weighted by Crippen LogP contribution is 2.35. The molecule has 0 saturated carbocycles. The molecule has 1 atom stereocenters. The van der Waals surface area contributed by atoms with Crippen molar-refractivity contribution in [1.82, 2.24) is 10.2 Å². The SMILES string of the molecule is CN(C)c1ccc(C(=O)Nc2nnc([C@@H]3COc4ccccc4O3)o2)cc1. The monoisotopic (exact) mass is 366 g/mol. The molecule has 0 aliphatic carbocycles. The van der Waals surface area contributed by atoms with Crippen LogP contribution in [0.5, 0.6) is 11.5 Å². The maximum Gasteiger partial charge on any atom is 0.322 e. The molecule has 1 aliphatic rings. The molecule has 0 fully saturated rings. The van der Waals surface area contributed by atoms with Gasteiger partial charge in [0.25, 0.3) is 11.8 Å². The van der Waals surface area contributed by atoms with Crippen molar-refractivity contribution in [2.75, 3.05) is 30.9 Å². The van der Waals surface area contributed by atoms with E-state index in [0.717, 1.165) is 5.69 Å². The van der Waals surface area contributed by atoms with Crippen LogP contribution in [-0.4, -0.2) is 36.8 Å². The summed E-state index contributed by atoms with van der Waals surface area (Å²) in [7, 11) is 3.87. The van der Waals surface area contributed by atoms with Crippen molar-refractivity contribution < 1.29 is 18.7 Å². The number of nitrogens with one attached hydrogen (secondary N) is 1. The van der Waals surface area contributed by atoms with Gasteiger partial charge in [-0.1, -0.05) is 17.2 Å². The maximum absolute atomic E-state index is 12.3. The van der Waals surface area contributed by atoms with Crippen LogP contribution in [0.15, 0.2) is 52.9 Å². The van der Waals surface area contributed by atoms with Crippen molar-refractivity contribution in [3.63, 3.8) is 0 Å². The molecule has 1 amide bonds. The van der Waals surface area contributed by atoms with Gasteiger partial charge in [-0.3, -0.25) is 10.1 Å². The van der Waals surface area contributed by atoms with E-state index in [2.05, 4.69) is 15.5 Å². The Morgan fingerprint density at radius 1 is 1.07 bits per heavy atom. The second-order valence-electron chi connectivity index (χ2n) is 6.21. The zero-order chi connectivity index (χ0) is 18.8. The zero-order valence-corrected chi connectivity index (χ0v) is 14.9. The normalized spacial score (nSPS) is 15.3. The average molecular weight is 366 g/mol. The second kappa shape index (κ2) is 6.99. The Kier molecular flexibility index (Phi) is 4.37. The molecule has 4 rings (SSSR count). The first-order valence-electron chi connectivity index (χ1n) is 8.41. The Bertz CT molecular complexity index is 952. The van der Waals surface area contributed by atoms with Crippen LogP contribution in [0.2, 0.25) is 0 Å². The number of hydrogen-bond acceptors (Lipinski definition) is 7. The third-order valence-corrected chi connectivity index (χ3v) is 4.09. The quantitative estimate of drug-likeness (QED) is 0.759. The number of anilines is 2. The van der Waals surface area contributed by atoms with Crippen molar-refractivity contribution in [3.05, 3.63) is 60.0 Å². The van der Waals surface area contributed by atoms with Gasteiger partial charge in [0.15, 0.2) is 11.5 Å². The largest absolute Gasteiger partial charge is 0.485 e. The highest BCUT2D eigenvalue weighted by molar-refractivity contribution is 6.03. The summed E-state index contributed by atoms with van der Waals surface area (Å²) >= 11 is 0. The first-order chi connectivity index (χ1) is 13.1. The fourth-order valence-corrected chi connectivity index (χ4v) is 2.64. The number of fused-ring (bicyclic) bond motifs is 1. The maximum atomic E-state index is 12.3. The number of carbonyl (C=O) groups excluding carboxylic acids is 1. The molecule has 3 aromatic rings. The Hall–Kier alpha value is -3.55. The number of rotatable bonds is 4. The zero-order valence-electron chi connectivity index (χ0n) is 14.9. The molecule has 1 aliphatic heterocycles. The number of para-hydroxylation sites is 2. The van der Waals surface area contributed by atoms with Crippen LogP contribution in [0.3, 0.4) is 0 Å². The highest BCUT2D eigenvalue weighted by Gasteiger charge is 2.27. The Labute approximate surface area is 155 Å². The van der Waals surface area contributed by atoms with E-state index in [1.165, 1.54) is 0 Å². The number of ether oxygens (including phenoxy) is 2. The van der Waals surface area contributed by atoms with Gasteiger partial charge in [-0.15, -0.1) is 5.10 Å². The molecule has 0 bridgehead atoms. The number of carbonyl (C=O) groups is 1. The van der Waals surface area contributed by atoms with E-state index in [1.54, 1.807) is 18.2 Å². The summed E-state index contributed by atoms with van der Waals surface area (Å²) in [6.45, 7) is 0.249. The van der Waals surface area contributed by atoms with E-state index in [-0.39, 0.29) is 24.4 Å². The van der Waals surface area contributed by atoms with Crippen LogP contribution >= 0.6 is 0 Å². The molecule has 8 heteroatoms. The van der Waals surface area contributed by atoms with Crippen LogP contribution in [0, 0.1) is 0 Å². The first-order valence-corrected chi connectivity index (χ1v) is 8.41. The predicted molar refractivity (Wildman–Crippen MR) is 98.3 cm³/mol. The Balaban J connectivity index is 1.43. The van der Waals surface area contributed by atoms with Gasteiger partial charge in [0.2, 0.25) is 6.10 Å². The number of aromatic nitrogens is 2. The lowest BCUT2D eigenvalue weighted by molar-refractivity contribution is 0.0716. The van der Waals surface area contributed by atoms with Gasteiger partial charge in [-0.05, 0) is 36.4 Å². The number of benzene rings is 2. The lowest BCUT2D eigenvalue weighted by Crippen LogP contribution is -2.21. The number of hydrogen-bond donors (Lipinski definition) is 1. The number of amides is 1. The van der Waals surface area contributed by atoms with Gasteiger partial charge < -0.3 is 18.8 Å². The van der Waals surface area contributed by atoms with Gasteiger partial charge in [-0.2, -0.15) is 0 Å².